The lowest BCUT2D eigenvalue weighted by molar-refractivity contribution is -0.130. The summed E-state index contributed by atoms with van der Waals surface area (Å²) in [7, 11) is 0. The molecule has 0 radical (unpaired) electrons. The normalized spacial score (nSPS) is 12.7. The molecule has 3 amide bonds. The van der Waals surface area contributed by atoms with Crippen molar-refractivity contribution in [2.45, 2.75) is 31.8 Å². The monoisotopic (exact) mass is 497 g/mol. The molecular formula is C20H21FIN3O3. The van der Waals surface area contributed by atoms with Gasteiger partial charge in [0.2, 0.25) is 17.7 Å². The number of nitrogens with one attached hydrogen (secondary N) is 2. The Bertz CT molecular complexity index is 858. The fourth-order valence-corrected chi connectivity index (χ4v) is 3.31. The summed E-state index contributed by atoms with van der Waals surface area (Å²) in [5.41, 5.74) is 6.98. The van der Waals surface area contributed by atoms with E-state index in [2.05, 4.69) is 33.2 Å². The van der Waals surface area contributed by atoms with Crippen molar-refractivity contribution in [3.8, 4) is 0 Å². The Hall–Kier alpha value is -2.49. The topological polar surface area (TPSA) is 101 Å². The SMILES string of the molecule is CC(=O)N[C@@H](Cc1ccc(F)cc1)C(=O)N[C@@H](Cc1cccc(I)c1)C(N)=O. The Kier molecular flexibility index (Phi) is 7.91. The van der Waals surface area contributed by atoms with Crippen molar-refractivity contribution in [1.29, 1.82) is 0 Å². The van der Waals surface area contributed by atoms with Crippen LogP contribution >= 0.6 is 22.6 Å². The second-order valence-corrected chi connectivity index (χ2v) is 7.63. The number of primary amides is 1. The molecule has 0 aromatic heterocycles. The molecule has 6 nitrogen and oxygen atoms in total. The molecule has 0 heterocycles. The summed E-state index contributed by atoms with van der Waals surface area (Å²) in [5.74, 6) is -1.99. The van der Waals surface area contributed by atoms with Crippen molar-refractivity contribution in [1.82, 2.24) is 10.6 Å². The Morgan fingerprint density at radius 1 is 1.00 bits per heavy atom. The fraction of sp³-hybridized carbons (Fsp3) is 0.250. The molecule has 4 N–H and O–H groups in total. The van der Waals surface area contributed by atoms with E-state index in [1.165, 1.54) is 31.2 Å². The highest BCUT2D eigenvalue weighted by Crippen LogP contribution is 2.11. The van der Waals surface area contributed by atoms with Crippen LogP contribution in [0.4, 0.5) is 4.39 Å². The lowest BCUT2D eigenvalue weighted by atomic mass is 10.0. The number of hydrogen-bond donors (Lipinski definition) is 3. The van der Waals surface area contributed by atoms with Gasteiger partial charge in [-0.1, -0.05) is 24.3 Å². The van der Waals surface area contributed by atoms with Crippen molar-refractivity contribution >= 4 is 40.3 Å². The van der Waals surface area contributed by atoms with Crippen LogP contribution in [0.5, 0.6) is 0 Å². The first-order chi connectivity index (χ1) is 13.2. The average molecular weight is 497 g/mol. The second-order valence-electron chi connectivity index (χ2n) is 6.38. The number of rotatable bonds is 8. The standard InChI is InChI=1S/C20H21FIN3O3/c1-12(26)24-18(10-13-5-7-15(21)8-6-13)20(28)25-17(19(23)27)11-14-3-2-4-16(22)9-14/h2-9,17-18H,10-11H2,1H3,(H2,23,27)(H,24,26)(H,25,28)/t17-,18-/m0/s1. The molecule has 0 fully saturated rings. The third-order valence-electron chi connectivity index (χ3n) is 4.04. The summed E-state index contributed by atoms with van der Waals surface area (Å²) < 4.78 is 14.1. The van der Waals surface area contributed by atoms with Crippen LogP contribution in [-0.4, -0.2) is 29.8 Å². The Morgan fingerprint density at radius 2 is 1.64 bits per heavy atom. The number of nitrogens with two attached hydrogens (primary N) is 1. The lowest BCUT2D eigenvalue weighted by Crippen LogP contribution is -2.54. The zero-order valence-corrected chi connectivity index (χ0v) is 17.4. The minimum absolute atomic E-state index is 0.153. The third kappa shape index (κ3) is 6.91. The number of carbonyl (C=O) groups is 3. The highest BCUT2D eigenvalue weighted by atomic mass is 127. The average Bonchev–Trinajstić information content (AvgIpc) is 2.62. The van der Waals surface area contributed by atoms with Crippen LogP contribution in [0.15, 0.2) is 48.5 Å². The van der Waals surface area contributed by atoms with Gasteiger partial charge in [-0.3, -0.25) is 14.4 Å². The van der Waals surface area contributed by atoms with Gasteiger partial charge in [0.25, 0.3) is 0 Å². The Morgan fingerprint density at radius 3 is 2.21 bits per heavy atom. The van der Waals surface area contributed by atoms with E-state index in [0.29, 0.717) is 5.56 Å². The minimum atomic E-state index is -0.921. The van der Waals surface area contributed by atoms with Crippen molar-refractivity contribution in [3.05, 3.63) is 69.0 Å². The van der Waals surface area contributed by atoms with Crippen molar-refractivity contribution in [2.75, 3.05) is 0 Å². The minimum Gasteiger partial charge on any atom is -0.368 e. The first-order valence-corrected chi connectivity index (χ1v) is 9.68. The van der Waals surface area contributed by atoms with Crippen LogP contribution in [0.1, 0.15) is 18.1 Å². The highest BCUT2D eigenvalue weighted by molar-refractivity contribution is 14.1. The van der Waals surface area contributed by atoms with Crippen LogP contribution in [0.25, 0.3) is 0 Å². The van der Waals surface area contributed by atoms with Gasteiger partial charge in [0, 0.05) is 23.3 Å². The molecule has 0 saturated carbocycles. The summed E-state index contributed by atoms with van der Waals surface area (Å²) in [6.07, 6.45) is 0.391. The molecular weight excluding hydrogens is 476 g/mol. The van der Waals surface area contributed by atoms with Crippen LogP contribution in [0.2, 0.25) is 0 Å². The molecule has 2 aromatic carbocycles. The molecule has 0 aliphatic rings. The molecule has 2 rings (SSSR count). The van der Waals surface area contributed by atoms with Crippen molar-refractivity contribution in [2.24, 2.45) is 5.73 Å². The predicted molar refractivity (Wildman–Crippen MR) is 112 cm³/mol. The first-order valence-electron chi connectivity index (χ1n) is 8.60. The van der Waals surface area contributed by atoms with Crippen LogP contribution < -0.4 is 16.4 Å². The van der Waals surface area contributed by atoms with Crippen LogP contribution in [0, 0.1) is 9.39 Å². The number of carbonyl (C=O) groups excluding carboxylic acids is 3. The summed E-state index contributed by atoms with van der Waals surface area (Å²) in [6.45, 7) is 1.29. The number of hydrogen-bond acceptors (Lipinski definition) is 3. The van der Waals surface area contributed by atoms with Crippen molar-refractivity contribution < 1.29 is 18.8 Å². The van der Waals surface area contributed by atoms with Crippen molar-refractivity contribution in [3.63, 3.8) is 0 Å². The van der Waals surface area contributed by atoms with Gasteiger partial charge in [0.15, 0.2) is 0 Å². The maximum absolute atomic E-state index is 13.1. The lowest BCUT2D eigenvalue weighted by Gasteiger charge is -2.22. The third-order valence-corrected chi connectivity index (χ3v) is 4.71. The smallest absolute Gasteiger partial charge is 0.243 e. The molecule has 0 aliphatic heterocycles. The van der Waals surface area contributed by atoms with E-state index >= 15 is 0 Å². The summed E-state index contributed by atoms with van der Waals surface area (Å²) in [6, 6.07) is 11.3. The molecule has 0 aliphatic carbocycles. The summed E-state index contributed by atoms with van der Waals surface area (Å²) >= 11 is 2.16. The highest BCUT2D eigenvalue weighted by Gasteiger charge is 2.25. The van der Waals surface area contributed by atoms with E-state index < -0.39 is 35.6 Å². The van der Waals surface area contributed by atoms with Gasteiger partial charge in [-0.25, -0.2) is 4.39 Å². The first kappa shape index (κ1) is 21.8. The predicted octanol–water partition coefficient (Wildman–Crippen LogP) is 1.69. The zero-order chi connectivity index (χ0) is 20.7. The van der Waals surface area contributed by atoms with E-state index in [9.17, 15) is 18.8 Å². The zero-order valence-electron chi connectivity index (χ0n) is 15.2. The maximum atomic E-state index is 13.1. The van der Waals surface area contributed by atoms with E-state index in [1.807, 2.05) is 24.3 Å². The van der Waals surface area contributed by atoms with E-state index in [1.54, 1.807) is 0 Å². The van der Waals surface area contributed by atoms with Gasteiger partial charge in [-0.05, 0) is 58.0 Å². The van der Waals surface area contributed by atoms with Gasteiger partial charge in [-0.2, -0.15) is 0 Å². The number of halogens is 2. The Labute approximate surface area is 176 Å². The molecule has 2 atom stereocenters. The molecule has 0 bridgehead atoms. The summed E-state index contributed by atoms with van der Waals surface area (Å²) in [4.78, 5) is 36.1. The molecule has 148 valence electrons. The number of benzene rings is 2. The molecule has 0 spiro atoms. The van der Waals surface area contributed by atoms with Gasteiger partial charge in [0.1, 0.15) is 17.9 Å². The van der Waals surface area contributed by atoms with Crippen LogP contribution in [0.3, 0.4) is 0 Å². The van der Waals surface area contributed by atoms with E-state index in [0.717, 1.165) is 9.13 Å². The molecule has 2 aromatic rings. The Balaban J connectivity index is 2.12. The van der Waals surface area contributed by atoms with E-state index in [-0.39, 0.29) is 12.8 Å². The molecule has 0 saturated heterocycles. The molecule has 8 heteroatoms. The van der Waals surface area contributed by atoms with Gasteiger partial charge in [-0.15, -0.1) is 0 Å². The van der Waals surface area contributed by atoms with Crippen LogP contribution in [-0.2, 0) is 27.2 Å². The largest absolute Gasteiger partial charge is 0.368 e. The van der Waals surface area contributed by atoms with Gasteiger partial charge >= 0.3 is 0 Å². The van der Waals surface area contributed by atoms with Gasteiger partial charge in [0.05, 0.1) is 0 Å². The van der Waals surface area contributed by atoms with E-state index in [4.69, 9.17) is 5.73 Å². The maximum Gasteiger partial charge on any atom is 0.243 e. The second kappa shape index (κ2) is 10.2. The molecule has 0 unspecified atom stereocenters. The fourth-order valence-electron chi connectivity index (χ4n) is 2.71. The van der Waals surface area contributed by atoms with Gasteiger partial charge < -0.3 is 16.4 Å². The number of amides is 3. The molecule has 28 heavy (non-hydrogen) atoms. The summed E-state index contributed by atoms with van der Waals surface area (Å²) in [5, 5.41) is 5.18. The quantitative estimate of drug-likeness (QED) is 0.484.